The van der Waals surface area contributed by atoms with Gasteiger partial charge in [0.15, 0.2) is 0 Å². The number of hydrogen-bond acceptors (Lipinski definition) is 0. The molecule has 0 spiro atoms. The fourth-order valence-corrected chi connectivity index (χ4v) is 3.46. The molecule has 0 aromatic heterocycles. The number of rotatable bonds is 1. The van der Waals surface area contributed by atoms with Crippen LogP contribution in [0.4, 0.5) is 0 Å². The fraction of sp³-hybridized carbons (Fsp3) is 1.00. The Morgan fingerprint density at radius 2 is 1.64 bits per heavy atom. The smallest absolute Gasteiger partial charge is 0.0246 e. The molecular formula is C11H20. The van der Waals surface area contributed by atoms with E-state index in [0.717, 1.165) is 11.8 Å². The Balaban J connectivity index is 2.34. The Kier molecular flexibility index (Phi) is 1.28. The minimum Gasteiger partial charge on any atom is -0.0648 e. The summed E-state index contributed by atoms with van der Waals surface area (Å²) in [5.41, 5.74) is 1.30. The second kappa shape index (κ2) is 1.84. The maximum atomic E-state index is 2.50. The molecule has 1 unspecified atom stereocenters. The van der Waals surface area contributed by atoms with Crippen LogP contribution in [-0.4, -0.2) is 0 Å². The molecule has 3 rings (SSSR count). The van der Waals surface area contributed by atoms with Gasteiger partial charge in [-0.15, -0.1) is 0 Å². The van der Waals surface area contributed by atoms with E-state index in [2.05, 4.69) is 27.7 Å². The summed E-state index contributed by atoms with van der Waals surface area (Å²) in [4.78, 5) is 0. The SMILES string of the molecule is CCC1(C)C2CC(C2)C1(C)C. The molecule has 0 nitrogen and oxygen atoms in total. The molecule has 0 heteroatoms. The van der Waals surface area contributed by atoms with E-state index in [4.69, 9.17) is 0 Å². The normalized spacial score (nSPS) is 52.4. The summed E-state index contributed by atoms with van der Waals surface area (Å²) in [7, 11) is 0. The Labute approximate surface area is 70.4 Å². The average molecular weight is 152 g/mol. The highest BCUT2D eigenvalue weighted by Crippen LogP contribution is 2.71. The Hall–Kier alpha value is 0. The molecule has 3 fully saturated rings. The van der Waals surface area contributed by atoms with Crippen molar-refractivity contribution >= 4 is 0 Å². The molecule has 0 N–H and O–H groups in total. The van der Waals surface area contributed by atoms with E-state index >= 15 is 0 Å². The topological polar surface area (TPSA) is 0 Å². The van der Waals surface area contributed by atoms with Gasteiger partial charge in [-0.25, -0.2) is 0 Å². The van der Waals surface area contributed by atoms with Gasteiger partial charge in [0.1, 0.15) is 0 Å². The summed E-state index contributed by atoms with van der Waals surface area (Å²) in [6.07, 6.45) is 4.43. The maximum absolute atomic E-state index is 2.50. The Morgan fingerprint density at radius 3 is 1.82 bits per heavy atom. The summed E-state index contributed by atoms with van der Waals surface area (Å²) in [6.45, 7) is 9.83. The Morgan fingerprint density at radius 1 is 1.09 bits per heavy atom. The molecule has 0 amide bonds. The van der Waals surface area contributed by atoms with Gasteiger partial charge in [-0.2, -0.15) is 0 Å². The van der Waals surface area contributed by atoms with E-state index < -0.39 is 0 Å². The molecule has 64 valence electrons. The second-order valence-corrected chi connectivity index (χ2v) is 5.36. The third kappa shape index (κ3) is 0.625. The van der Waals surface area contributed by atoms with Gasteiger partial charge < -0.3 is 0 Å². The summed E-state index contributed by atoms with van der Waals surface area (Å²) in [5, 5.41) is 0. The van der Waals surface area contributed by atoms with Gasteiger partial charge in [0.05, 0.1) is 0 Å². The van der Waals surface area contributed by atoms with E-state index in [-0.39, 0.29) is 0 Å². The summed E-state index contributed by atoms with van der Waals surface area (Å²) in [6, 6.07) is 0. The third-order valence-corrected chi connectivity index (χ3v) is 5.27. The van der Waals surface area contributed by atoms with Crippen LogP contribution < -0.4 is 0 Å². The van der Waals surface area contributed by atoms with Crippen LogP contribution in [0.2, 0.25) is 0 Å². The van der Waals surface area contributed by atoms with E-state index in [1.165, 1.54) is 19.3 Å². The lowest BCUT2D eigenvalue weighted by Gasteiger charge is -2.37. The largest absolute Gasteiger partial charge is 0.0648 e. The lowest BCUT2D eigenvalue weighted by Crippen LogP contribution is -2.30. The summed E-state index contributed by atoms with van der Waals surface area (Å²) in [5.74, 6) is 2.12. The lowest BCUT2D eigenvalue weighted by molar-refractivity contribution is 0.118. The van der Waals surface area contributed by atoms with Crippen molar-refractivity contribution in [2.75, 3.05) is 0 Å². The molecule has 2 bridgehead atoms. The van der Waals surface area contributed by atoms with Crippen molar-refractivity contribution in [3.8, 4) is 0 Å². The highest BCUT2D eigenvalue weighted by molar-refractivity contribution is 5.12. The van der Waals surface area contributed by atoms with E-state index in [1.807, 2.05) is 0 Å². The fourth-order valence-electron chi connectivity index (χ4n) is 3.46. The monoisotopic (exact) mass is 152 g/mol. The van der Waals surface area contributed by atoms with Gasteiger partial charge in [-0.3, -0.25) is 0 Å². The van der Waals surface area contributed by atoms with Gasteiger partial charge in [0.25, 0.3) is 0 Å². The van der Waals surface area contributed by atoms with Gasteiger partial charge in [-0.1, -0.05) is 27.7 Å². The summed E-state index contributed by atoms with van der Waals surface area (Å²) >= 11 is 0. The van der Waals surface area contributed by atoms with E-state index in [9.17, 15) is 0 Å². The number of fused-ring (bicyclic) bond motifs is 1. The van der Waals surface area contributed by atoms with Crippen LogP contribution in [-0.2, 0) is 0 Å². The predicted octanol–water partition coefficient (Wildman–Crippen LogP) is 3.47. The molecular weight excluding hydrogens is 132 g/mol. The van der Waals surface area contributed by atoms with Crippen LogP contribution in [0.15, 0.2) is 0 Å². The first-order valence-electron chi connectivity index (χ1n) is 5.02. The Bertz CT molecular complexity index is 174. The minimum atomic E-state index is 0.631. The van der Waals surface area contributed by atoms with Crippen molar-refractivity contribution in [2.45, 2.75) is 47.0 Å². The summed E-state index contributed by atoms with van der Waals surface area (Å²) < 4.78 is 0. The molecule has 0 heterocycles. The molecule has 0 radical (unpaired) electrons. The molecule has 3 aliphatic rings. The van der Waals surface area contributed by atoms with Crippen LogP contribution >= 0.6 is 0 Å². The molecule has 0 aromatic rings. The zero-order valence-electron chi connectivity index (χ0n) is 8.28. The first kappa shape index (κ1) is 7.64. The second-order valence-electron chi connectivity index (χ2n) is 5.36. The molecule has 1 atom stereocenters. The van der Waals surface area contributed by atoms with Crippen molar-refractivity contribution in [3.63, 3.8) is 0 Å². The van der Waals surface area contributed by atoms with Crippen LogP contribution in [0.5, 0.6) is 0 Å². The molecule has 3 aliphatic carbocycles. The average Bonchev–Trinajstić information content (AvgIpc) is 2.09. The van der Waals surface area contributed by atoms with Crippen LogP contribution in [0.3, 0.4) is 0 Å². The van der Waals surface area contributed by atoms with Crippen molar-refractivity contribution in [2.24, 2.45) is 22.7 Å². The molecule has 0 aromatic carbocycles. The minimum absolute atomic E-state index is 0.631. The van der Waals surface area contributed by atoms with Crippen molar-refractivity contribution in [1.82, 2.24) is 0 Å². The van der Waals surface area contributed by atoms with Crippen LogP contribution in [0, 0.1) is 22.7 Å². The van der Waals surface area contributed by atoms with Crippen molar-refractivity contribution in [1.29, 1.82) is 0 Å². The van der Waals surface area contributed by atoms with Crippen molar-refractivity contribution < 1.29 is 0 Å². The zero-order valence-corrected chi connectivity index (χ0v) is 8.28. The standard InChI is InChI=1S/C11H20/c1-5-11(4)9-6-8(7-9)10(11,2)3/h8-9H,5-7H2,1-4H3. The highest BCUT2D eigenvalue weighted by Gasteiger charge is 2.62. The third-order valence-electron chi connectivity index (χ3n) is 5.27. The van der Waals surface area contributed by atoms with Gasteiger partial charge in [0, 0.05) is 0 Å². The highest BCUT2D eigenvalue weighted by atomic mass is 14.7. The maximum Gasteiger partial charge on any atom is -0.0246 e. The lowest BCUT2D eigenvalue weighted by atomic mass is 9.68. The predicted molar refractivity (Wildman–Crippen MR) is 48.4 cm³/mol. The van der Waals surface area contributed by atoms with Gasteiger partial charge in [-0.05, 0) is 41.9 Å². The molecule has 11 heavy (non-hydrogen) atoms. The first-order chi connectivity index (χ1) is 5.02. The van der Waals surface area contributed by atoms with Crippen molar-refractivity contribution in [3.05, 3.63) is 0 Å². The van der Waals surface area contributed by atoms with Crippen LogP contribution in [0.25, 0.3) is 0 Å². The van der Waals surface area contributed by atoms with Gasteiger partial charge in [0.2, 0.25) is 0 Å². The zero-order chi connectivity index (χ0) is 8.28. The quantitative estimate of drug-likeness (QED) is 0.539. The molecule has 3 saturated carbocycles. The van der Waals surface area contributed by atoms with Gasteiger partial charge >= 0.3 is 0 Å². The number of hydrogen-bond donors (Lipinski definition) is 0. The first-order valence-corrected chi connectivity index (χ1v) is 5.02. The van der Waals surface area contributed by atoms with E-state index in [1.54, 1.807) is 0 Å². The molecule has 0 aliphatic heterocycles. The molecule has 0 saturated heterocycles. The van der Waals surface area contributed by atoms with Crippen LogP contribution in [0.1, 0.15) is 47.0 Å². The van der Waals surface area contributed by atoms with E-state index in [0.29, 0.717) is 10.8 Å².